The Morgan fingerprint density at radius 1 is 1.04 bits per heavy atom. The SMILES string of the molecule is CCCC/C(C#Cc1ccccc1)=C\S(=O)(=O)c1ccc(C)cc1. The second-order valence-electron chi connectivity index (χ2n) is 5.72. The molecule has 0 aliphatic heterocycles. The Labute approximate surface area is 145 Å². The van der Waals surface area contributed by atoms with Crippen LogP contribution in [0.1, 0.15) is 37.3 Å². The summed E-state index contributed by atoms with van der Waals surface area (Å²) >= 11 is 0. The summed E-state index contributed by atoms with van der Waals surface area (Å²) < 4.78 is 25.2. The van der Waals surface area contributed by atoms with Gasteiger partial charge in [0.15, 0.2) is 0 Å². The van der Waals surface area contributed by atoms with Crippen molar-refractivity contribution in [2.75, 3.05) is 0 Å². The molecule has 24 heavy (non-hydrogen) atoms. The fraction of sp³-hybridized carbons (Fsp3) is 0.238. The maximum atomic E-state index is 12.6. The van der Waals surface area contributed by atoms with Crippen molar-refractivity contribution in [3.8, 4) is 11.8 Å². The number of aryl methyl sites for hydroxylation is 1. The third-order valence-electron chi connectivity index (χ3n) is 3.59. The zero-order valence-electron chi connectivity index (χ0n) is 14.1. The predicted octanol–water partition coefficient (Wildman–Crippen LogP) is 4.89. The summed E-state index contributed by atoms with van der Waals surface area (Å²) in [4.78, 5) is 0.309. The van der Waals surface area contributed by atoms with Gasteiger partial charge >= 0.3 is 0 Å². The number of unbranched alkanes of at least 4 members (excludes halogenated alkanes) is 1. The first-order valence-corrected chi connectivity index (χ1v) is 9.65. The molecule has 0 aliphatic carbocycles. The van der Waals surface area contributed by atoms with E-state index in [-0.39, 0.29) is 0 Å². The second kappa shape index (κ2) is 8.52. The Morgan fingerprint density at radius 2 is 1.71 bits per heavy atom. The highest BCUT2D eigenvalue weighted by Gasteiger charge is 2.12. The predicted molar refractivity (Wildman–Crippen MR) is 99.3 cm³/mol. The molecule has 0 fully saturated rings. The van der Waals surface area contributed by atoms with Crippen LogP contribution in [0.4, 0.5) is 0 Å². The lowest BCUT2D eigenvalue weighted by molar-refractivity contribution is 0.604. The fourth-order valence-corrected chi connectivity index (χ4v) is 3.38. The second-order valence-corrected chi connectivity index (χ2v) is 7.52. The molecule has 2 nitrogen and oxygen atoms in total. The van der Waals surface area contributed by atoms with Crippen LogP contribution in [0.15, 0.2) is 70.5 Å². The lowest BCUT2D eigenvalue weighted by atomic mass is 10.1. The molecule has 0 saturated heterocycles. The molecule has 2 aromatic rings. The highest BCUT2D eigenvalue weighted by atomic mass is 32.2. The highest BCUT2D eigenvalue weighted by molar-refractivity contribution is 7.94. The summed E-state index contributed by atoms with van der Waals surface area (Å²) in [5.74, 6) is 6.09. The van der Waals surface area contributed by atoms with Gasteiger partial charge in [0.1, 0.15) is 0 Å². The van der Waals surface area contributed by atoms with E-state index in [1.165, 1.54) is 5.41 Å². The molecule has 0 saturated carbocycles. The van der Waals surface area contributed by atoms with E-state index in [1.54, 1.807) is 12.1 Å². The van der Waals surface area contributed by atoms with Crippen molar-refractivity contribution in [2.45, 2.75) is 38.0 Å². The maximum absolute atomic E-state index is 12.6. The normalized spacial score (nSPS) is 11.7. The molecule has 0 bridgehead atoms. The zero-order valence-corrected chi connectivity index (χ0v) is 14.9. The quantitative estimate of drug-likeness (QED) is 0.727. The van der Waals surface area contributed by atoms with Crippen molar-refractivity contribution < 1.29 is 8.42 Å². The molecule has 0 radical (unpaired) electrons. The van der Waals surface area contributed by atoms with Gasteiger partial charge in [-0.05, 0) is 44.0 Å². The van der Waals surface area contributed by atoms with Crippen LogP contribution in [0.5, 0.6) is 0 Å². The van der Waals surface area contributed by atoms with Gasteiger partial charge in [0.2, 0.25) is 9.84 Å². The minimum absolute atomic E-state index is 0.309. The summed E-state index contributed by atoms with van der Waals surface area (Å²) in [6.07, 6.45) is 2.58. The van der Waals surface area contributed by atoms with Crippen molar-refractivity contribution in [3.63, 3.8) is 0 Å². The topological polar surface area (TPSA) is 34.1 Å². The molecular formula is C21H22O2S. The van der Waals surface area contributed by atoms with E-state index in [0.717, 1.165) is 24.0 Å². The molecule has 124 valence electrons. The molecular weight excluding hydrogens is 316 g/mol. The van der Waals surface area contributed by atoms with E-state index >= 15 is 0 Å². The number of rotatable bonds is 5. The van der Waals surface area contributed by atoms with Crippen molar-refractivity contribution in [2.24, 2.45) is 0 Å². The first-order valence-electron chi connectivity index (χ1n) is 8.10. The summed E-state index contributed by atoms with van der Waals surface area (Å²) in [7, 11) is -3.48. The molecule has 0 atom stereocenters. The number of sulfone groups is 1. The van der Waals surface area contributed by atoms with E-state index in [4.69, 9.17) is 0 Å². The van der Waals surface area contributed by atoms with Crippen molar-refractivity contribution in [1.82, 2.24) is 0 Å². The van der Waals surface area contributed by atoms with Crippen LogP contribution in [0.25, 0.3) is 0 Å². The Balaban J connectivity index is 2.34. The van der Waals surface area contributed by atoms with Crippen molar-refractivity contribution >= 4 is 9.84 Å². The number of hydrogen-bond acceptors (Lipinski definition) is 2. The number of hydrogen-bond donors (Lipinski definition) is 0. The van der Waals surface area contributed by atoms with Crippen molar-refractivity contribution in [1.29, 1.82) is 0 Å². The van der Waals surface area contributed by atoms with E-state index in [0.29, 0.717) is 16.9 Å². The Hall–Kier alpha value is -2.31. The van der Waals surface area contributed by atoms with E-state index in [1.807, 2.05) is 49.4 Å². The first kappa shape index (κ1) is 18.0. The van der Waals surface area contributed by atoms with Crippen LogP contribution in [-0.2, 0) is 9.84 Å². The van der Waals surface area contributed by atoms with Crippen LogP contribution in [0.2, 0.25) is 0 Å². The number of benzene rings is 2. The summed E-state index contributed by atoms with van der Waals surface area (Å²) in [6, 6.07) is 16.5. The Morgan fingerprint density at radius 3 is 2.33 bits per heavy atom. The lowest BCUT2D eigenvalue weighted by Gasteiger charge is -2.03. The summed E-state index contributed by atoms with van der Waals surface area (Å²) in [5.41, 5.74) is 2.57. The highest BCUT2D eigenvalue weighted by Crippen LogP contribution is 2.17. The van der Waals surface area contributed by atoms with Gasteiger partial charge in [-0.2, -0.15) is 0 Å². The van der Waals surface area contributed by atoms with Crippen LogP contribution in [-0.4, -0.2) is 8.42 Å². The largest absolute Gasteiger partial charge is 0.219 e. The van der Waals surface area contributed by atoms with E-state index in [9.17, 15) is 8.42 Å². The lowest BCUT2D eigenvalue weighted by Crippen LogP contribution is -1.98. The molecule has 3 heteroatoms. The smallest absolute Gasteiger partial charge is 0.200 e. The van der Waals surface area contributed by atoms with E-state index < -0.39 is 9.84 Å². The molecule has 0 aromatic heterocycles. The van der Waals surface area contributed by atoms with E-state index in [2.05, 4.69) is 18.8 Å². The van der Waals surface area contributed by atoms with Gasteiger partial charge in [0, 0.05) is 16.5 Å². The summed E-state index contributed by atoms with van der Waals surface area (Å²) in [6.45, 7) is 4.01. The molecule has 0 unspecified atom stereocenters. The van der Waals surface area contributed by atoms with Crippen LogP contribution >= 0.6 is 0 Å². The molecule has 0 amide bonds. The standard InChI is InChI=1S/C21H22O2S/c1-3-4-8-20(14-13-19-9-6-5-7-10-19)17-24(22,23)21-15-11-18(2)12-16-21/h5-7,9-12,15-17H,3-4,8H2,1-2H3/b20-17+. The van der Waals surface area contributed by atoms with Gasteiger partial charge in [-0.1, -0.05) is 61.1 Å². The number of allylic oxidation sites excluding steroid dienone is 1. The van der Waals surface area contributed by atoms with Crippen molar-refractivity contribution in [3.05, 3.63) is 76.7 Å². The molecule has 0 aliphatic rings. The third-order valence-corrected chi connectivity index (χ3v) is 5.11. The van der Waals surface area contributed by atoms with Crippen LogP contribution < -0.4 is 0 Å². The molecule has 2 rings (SSSR count). The minimum atomic E-state index is -3.48. The average Bonchev–Trinajstić information content (AvgIpc) is 2.58. The molecule has 0 heterocycles. The zero-order chi connectivity index (χ0) is 17.4. The average molecular weight is 338 g/mol. The molecule has 0 spiro atoms. The first-order chi connectivity index (χ1) is 11.5. The van der Waals surface area contributed by atoms with Gasteiger partial charge in [-0.3, -0.25) is 0 Å². The Bertz CT molecular complexity index is 850. The third kappa shape index (κ3) is 5.40. The molecule has 2 aromatic carbocycles. The molecule has 0 N–H and O–H groups in total. The maximum Gasteiger partial charge on any atom is 0.200 e. The van der Waals surface area contributed by atoms with Gasteiger partial charge in [-0.25, -0.2) is 8.42 Å². The Kier molecular flexibility index (Phi) is 6.40. The summed E-state index contributed by atoms with van der Waals surface area (Å²) in [5, 5.41) is 1.32. The van der Waals surface area contributed by atoms with Crippen LogP contribution in [0.3, 0.4) is 0 Å². The minimum Gasteiger partial charge on any atom is -0.219 e. The van der Waals surface area contributed by atoms with Gasteiger partial charge in [-0.15, -0.1) is 0 Å². The van der Waals surface area contributed by atoms with Gasteiger partial charge < -0.3 is 0 Å². The van der Waals surface area contributed by atoms with Gasteiger partial charge in [0.05, 0.1) is 4.90 Å². The monoisotopic (exact) mass is 338 g/mol. The van der Waals surface area contributed by atoms with Crippen LogP contribution in [0, 0.1) is 18.8 Å². The van der Waals surface area contributed by atoms with Gasteiger partial charge in [0.25, 0.3) is 0 Å². The fourth-order valence-electron chi connectivity index (χ4n) is 2.18.